The summed E-state index contributed by atoms with van der Waals surface area (Å²) in [6.07, 6.45) is 0.610. The largest absolute Gasteiger partial charge is 0.358 e. The fraction of sp³-hybridized carbons (Fsp3) is 0.222. The number of fused-ring (bicyclic) bond motifs is 1. The van der Waals surface area contributed by atoms with E-state index in [9.17, 15) is 8.42 Å². The summed E-state index contributed by atoms with van der Waals surface area (Å²) in [5.74, 6) is 0. The van der Waals surface area contributed by atoms with E-state index in [4.69, 9.17) is 11.6 Å². The minimum Gasteiger partial charge on any atom is -0.358 e. The number of nitrogens with one attached hydrogen (secondary N) is 2. The van der Waals surface area contributed by atoms with Crippen LogP contribution in [0.25, 0.3) is 10.9 Å². The number of aromatic nitrogens is 1. The highest BCUT2D eigenvalue weighted by molar-refractivity contribution is 7.89. The van der Waals surface area contributed by atoms with Gasteiger partial charge in [-0.15, -0.1) is 0 Å². The lowest BCUT2D eigenvalue weighted by molar-refractivity contribution is 0.581. The van der Waals surface area contributed by atoms with Gasteiger partial charge in [0.25, 0.3) is 0 Å². The van der Waals surface area contributed by atoms with E-state index in [1.54, 1.807) is 18.2 Å². The third-order valence-electron chi connectivity index (χ3n) is 4.07. The molecule has 0 aliphatic rings. The molecule has 0 saturated heterocycles. The Bertz CT molecular complexity index is 993. The third kappa shape index (κ3) is 3.34. The van der Waals surface area contributed by atoms with Crippen LogP contribution < -0.4 is 4.72 Å². The van der Waals surface area contributed by atoms with Gasteiger partial charge in [0, 0.05) is 23.1 Å². The van der Waals surface area contributed by atoms with Crippen molar-refractivity contribution in [2.75, 3.05) is 6.54 Å². The van der Waals surface area contributed by atoms with Crippen molar-refractivity contribution in [2.24, 2.45) is 0 Å². The summed E-state index contributed by atoms with van der Waals surface area (Å²) in [6, 6.07) is 12.7. The molecule has 3 rings (SSSR count). The van der Waals surface area contributed by atoms with Gasteiger partial charge in [-0.1, -0.05) is 35.4 Å². The monoisotopic (exact) mass is 362 g/mol. The predicted molar refractivity (Wildman–Crippen MR) is 98.1 cm³/mol. The Morgan fingerprint density at radius 1 is 1.12 bits per heavy atom. The summed E-state index contributed by atoms with van der Waals surface area (Å²) in [7, 11) is -3.61. The zero-order chi connectivity index (χ0) is 17.3. The lowest BCUT2D eigenvalue weighted by Crippen LogP contribution is -2.26. The van der Waals surface area contributed by atoms with Gasteiger partial charge < -0.3 is 4.98 Å². The van der Waals surface area contributed by atoms with Crippen molar-refractivity contribution in [3.05, 3.63) is 64.3 Å². The summed E-state index contributed by atoms with van der Waals surface area (Å²) in [6.45, 7) is 4.37. The van der Waals surface area contributed by atoms with Gasteiger partial charge >= 0.3 is 0 Å². The minimum atomic E-state index is -3.61. The van der Waals surface area contributed by atoms with Gasteiger partial charge in [-0.3, -0.25) is 0 Å². The lowest BCUT2D eigenvalue weighted by atomic mass is 10.1. The summed E-state index contributed by atoms with van der Waals surface area (Å²) < 4.78 is 27.4. The number of aryl methyl sites for hydroxylation is 2. The number of rotatable bonds is 5. The lowest BCUT2D eigenvalue weighted by Gasteiger charge is -2.08. The number of benzene rings is 2. The van der Waals surface area contributed by atoms with Crippen molar-refractivity contribution in [1.29, 1.82) is 0 Å². The molecule has 0 bridgehead atoms. The Labute approximate surface area is 146 Å². The number of hydrogen-bond acceptors (Lipinski definition) is 2. The average molecular weight is 363 g/mol. The fourth-order valence-electron chi connectivity index (χ4n) is 2.87. The number of halogens is 1. The van der Waals surface area contributed by atoms with E-state index >= 15 is 0 Å². The average Bonchev–Trinajstić information content (AvgIpc) is 2.83. The Morgan fingerprint density at radius 2 is 1.88 bits per heavy atom. The van der Waals surface area contributed by atoms with E-state index in [-0.39, 0.29) is 9.92 Å². The molecule has 0 spiro atoms. The Balaban J connectivity index is 1.79. The molecule has 0 fully saturated rings. The Hall–Kier alpha value is -1.82. The molecule has 3 aromatic rings. The van der Waals surface area contributed by atoms with Crippen LogP contribution in [0.5, 0.6) is 0 Å². The minimum absolute atomic E-state index is 0.109. The molecule has 0 atom stereocenters. The normalized spacial score (nSPS) is 12.0. The van der Waals surface area contributed by atoms with Crippen molar-refractivity contribution in [3.63, 3.8) is 0 Å². The van der Waals surface area contributed by atoms with Gasteiger partial charge in [0.15, 0.2) is 0 Å². The molecular weight excluding hydrogens is 344 g/mol. The van der Waals surface area contributed by atoms with E-state index in [1.807, 2.05) is 13.8 Å². The SMILES string of the molecule is Cc1ccc2[nH]c(C)c(CCNS(=O)(=O)c3ccccc3Cl)c2c1. The summed E-state index contributed by atoms with van der Waals surface area (Å²) in [4.78, 5) is 3.45. The van der Waals surface area contributed by atoms with Gasteiger partial charge in [0.05, 0.1) is 5.02 Å². The van der Waals surface area contributed by atoms with Crippen molar-refractivity contribution in [2.45, 2.75) is 25.2 Å². The highest BCUT2D eigenvalue weighted by Crippen LogP contribution is 2.24. The zero-order valence-electron chi connectivity index (χ0n) is 13.6. The quantitative estimate of drug-likeness (QED) is 0.721. The number of aromatic amines is 1. The first-order chi connectivity index (χ1) is 11.4. The first-order valence-corrected chi connectivity index (χ1v) is 9.56. The molecule has 0 radical (unpaired) electrons. The molecule has 1 heterocycles. The summed E-state index contributed by atoms with van der Waals surface area (Å²) >= 11 is 5.98. The maximum absolute atomic E-state index is 12.4. The second-order valence-electron chi connectivity index (χ2n) is 5.86. The molecule has 0 aliphatic carbocycles. The maximum Gasteiger partial charge on any atom is 0.242 e. The first kappa shape index (κ1) is 17.0. The highest BCUT2D eigenvalue weighted by atomic mass is 35.5. The van der Waals surface area contributed by atoms with Gasteiger partial charge in [0.2, 0.25) is 10.0 Å². The molecule has 126 valence electrons. The van der Waals surface area contributed by atoms with Crippen LogP contribution in [0, 0.1) is 13.8 Å². The van der Waals surface area contributed by atoms with Gasteiger partial charge in [0.1, 0.15) is 4.90 Å². The topological polar surface area (TPSA) is 62.0 Å². The predicted octanol–water partition coefficient (Wildman–Crippen LogP) is 3.96. The van der Waals surface area contributed by atoms with Crippen molar-refractivity contribution in [1.82, 2.24) is 9.71 Å². The standard InChI is InChI=1S/C18H19ClN2O2S/c1-12-7-8-17-15(11-12)14(13(2)21-17)9-10-20-24(22,23)18-6-4-3-5-16(18)19/h3-8,11,20-21H,9-10H2,1-2H3. The van der Waals surface area contributed by atoms with E-state index in [2.05, 4.69) is 27.9 Å². The van der Waals surface area contributed by atoms with Crippen molar-refractivity contribution >= 4 is 32.5 Å². The van der Waals surface area contributed by atoms with Crippen molar-refractivity contribution < 1.29 is 8.42 Å². The first-order valence-electron chi connectivity index (χ1n) is 7.70. The molecule has 24 heavy (non-hydrogen) atoms. The van der Waals surface area contributed by atoms with Crippen LogP contribution in [-0.2, 0) is 16.4 Å². The van der Waals surface area contributed by atoms with E-state index < -0.39 is 10.0 Å². The van der Waals surface area contributed by atoms with Crippen LogP contribution in [-0.4, -0.2) is 19.9 Å². The number of sulfonamides is 1. The molecule has 0 aliphatic heterocycles. The molecule has 2 N–H and O–H groups in total. The van der Waals surface area contributed by atoms with Crippen LogP contribution in [0.3, 0.4) is 0 Å². The Morgan fingerprint density at radius 3 is 2.62 bits per heavy atom. The second-order valence-corrected chi connectivity index (χ2v) is 8.00. The van der Waals surface area contributed by atoms with Crippen LogP contribution in [0.1, 0.15) is 16.8 Å². The molecule has 0 unspecified atom stereocenters. The van der Waals surface area contributed by atoms with E-state index in [1.165, 1.54) is 11.6 Å². The molecule has 0 saturated carbocycles. The zero-order valence-corrected chi connectivity index (χ0v) is 15.1. The molecule has 0 amide bonds. The van der Waals surface area contributed by atoms with Crippen LogP contribution in [0.4, 0.5) is 0 Å². The van der Waals surface area contributed by atoms with Crippen LogP contribution in [0.2, 0.25) is 5.02 Å². The van der Waals surface area contributed by atoms with E-state index in [0.29, 0.717) is 13.0 Å². The summed E-state index contributed by atoms with van der Waals surface area (Å²) in [5, 5.41) is 1.37. The molecule has 1 aromatic heterocycles. The molecule has 6 heteroatoms. The molecule has 2 aromatic carbocycles. The second kappa shape index (κ2) is 6.59. The Kier molecular flexibility index (Phi) is 4.67. The van der Waals surface area contributed by atoms with Gasteiger partial charge in [-0.25, -0.2) is 13.1 Å². The smallest absolute Gasteiger partial charge is 0.242 e. The number of hydrogen-bond donors (Lipinski definition) is 2. The molecule has 4 nitrogen and oxygen atoms in total. The van der Waals surface area contributed by atoms with Crippen molar-refractivity contribution in [3.8, 4) is 0 Å². The highest BCUT2D eigenvalue weighted by Gasteiger charge is 2.17. The number of H-pyrrole nitrogens is 1. The third-order valence-corrected chi connectivity index (χ3v) is 6.03. The summed E-state index contributed by atoms with van der Waals surface area (Å²) in [5.41, 5.74) is 4.45. The van der Waals surface area contributed by atoms with Crippen LogP contribution >= 0.6 is 11.6 Å². The van der Waals surface area contributed by atoms with E-state index in [0.717, 1.165) is 22.2 Å². The fourth-order valence-corrected chi connectivity index (χ4v) is 4.42. The van der Waals surface area contributed by atoms with Crippen LogP contribution in [0.15, 0.2) is 47.4 Å². The van der Waals surface area contributed by atoms with Gasteiger partial charge in [-0.2, -0.15) is 0 Å². The maximum atomic E-state index is 12.4. The van der Waals surface area contributed by atoms with Gasteiger partial charge in [-0.05, 0) is 50.1 Å². The molecular formula is C18H19ClN2O2S.